The summed E-state index contributed by atoms with van der Waals surface area (Å²) < 4.78 is 17.3. The molecule has 0 N–H and O–H groups in total. The zero-order valence-corrected chi connectivity index (χ0v) is 13.2. The number of benzene rings is 1. The monoisotopic (exact) mass is 327 g/mol. The van der Waals surface area contributed by atoms with Crippen LogP contribution >= 0.6 is 0 Å². The predicted octanol–water partition coefficient (Wildman–Crippen LogP) is 1.18. The largest absolute Gasteiger partial charge is 0.357 e. The molecule has 0 unspecified atom stereocenters. The Morgan fingerprint density at radius 2 is 1.88 bits per heavy atom. The Labute approximate surface area is 139 Å². The number of carbonyl (C=O) groups excluding carboxylic acids is 2. The van der Waals surface area contributed by atoms with Gasteiger partial charge in [-0.15, -0.1) is 0 Å². The van der Waals surface area contributed by atoms with Crippen LogP contribution in [0.15, 0.2) is 36.4 Å². The Balaban J connectivity index is 1.59. The highest BCUT2D eigenvalue weighted by Crippen LogP contribution is 2.55. The lowest BCUT2D eigenvalue weighted by atomic mass is 9.76. The van der Waals surface area contributed by atoms with Crippen molar-refractivity contribution in [1.82, 2.24) is 0 Å². The Morgan fingerprint density at radius 1 is 1.12 bits per heavy atom. The van der Waals surface area contributed by atoms with Gasteiger partial charge in [-0.2, -0.15) is 0 Å². The molecule has 0 aliphatic carbocycles. The normalized spacial score (nSPS) is 37.7. The van der Waals surface area contributed by atoms with Crippen molar-refractivity contribution in [3.63, 3.8) is 0 Å². The van der Waals surface area contributed by atoms with Crippen LogP contribution in [-0.4, -0.2) is 43.0 Å². The van der Waals surface area contributed by atoms with Crippen molar-refractivity contribution in [2.45, 2.75) is 24.9 Å². The highest BCUT2D eigenvalue weighted by molar-refractivity contribution is 6.23. The maximum Gasteiger partial charge on any atom is 0.241 e. The van der Waals surface area contributed by atoms with Crippen LogP contribution in [-0.2, 0) is 23.8 Å². The van der Waals surface area contributed by atoms with Crippen LogP contribution in [0.25, 0.3) is 0 Å². The predicted molar refractivity (Wildman–Crippen MR) is 83.1 cm³/mol. The molecule has 0 aromatic heterocycles. The highest BCUT2D eigenvalue weighted by Gasteiger charge is 2.71. The van der Waals surface area contributed by atoms with E-state index in [4.69, 9.17) is 14.2 Å². The van der Waals surface area contributed by atoms with Gasteiger partial charge < -0.3 is 14.2 Å². The summed E-state index contributed by atoms with van der Waals surface area (Å²) in [5, 5.41) is 0. The van der Waals surface area contributed by atoms with Crippen molar-refractivity contribution in [3.05, 3.63) is 42.0 Å². The second kappa shape index (κ2) is 4.75. The van der Waals surface area contributed by atoms with Gasteiger partial charge in [-0.25, -0.2) is 4.90 Å². The van der Waals surface area contributed by atoms with E-state index in [9.17, 15) is 9.59 Å². The van der Waals surface area contributed by atoms with E-state index >= 15 is 0 Å². The highest BCUT2D eigenvalue weighted by atomic mass is 16.7. The van der Waals surface area contributed by atoms with Gasteiger partial charge in [0, 0.05) is 0 Å². The van der Waals surface area contributed by atoms with E-state index in [1.54, 1.807) is 6.07 Å². The maximum atomic E-state index is 13.2. The third-order valence-electron chi connectivity index (χ3n) is 5.42. The molecule has 24 heavy (non-hydrogen) atoms. The van der Waals surface area contributed by atoms with Crippen molar-refractivity contribution in [2.24, 2.45) is 11.8 Å². The smallest absolute Gasteiger partial charge is 0.241 e. The van der Waals surface area contributed by atoms with E-state index in [0.29, 0.717) is 18.9 Å². The van der Waals surface area contributed by atoms with Crippen LogP contribution in [0.1, 0.15) is 5.56 Å². The van der Waals surface area contributed by atoms with Gasteiger partial charge in [-0.05, 0) is 24.6 Å². The summed E-state index contributed by atoms with van der Waals surface area (Å²) >= 11 is 0. The quantitative estimate of drug-likeness (QED) is 0.603. The number of anilines is 1. The van der Waals surface area contributed by atoms with Gasteiger partial charge in [-0.3, -0.25) is 9.59 Å². The molecule has 2 bridgehead atoms. The lowest BCUT2D eigenvalue weighted by Gasteiger charge is -2.32. The van der Waals surface area contributed by atoms with Gasteiger partial charge in [0.25, 0.3) is 0 Å². The summed E-state index contributed by atoms with van der Waals surface area (Å²) in [7, 11) is 0. The fourth-order valence-electron chi connectivity index (χ4n) is 4.38. The summed E-state index contributed by atoms with van der Waals surface area (Å²) in [6.45, 7) is 2.83. The second-order valence-corrected chi connectivity index (χ2v) is 6.67. The average molecular weight is 327 g/mol. The van der Waals surface area contributed by atoms with E-state index in [1.807, 2.05) is 37.3 Å². The first kappa shape index (κ1) is 14.3. The van der Waals surface area contributed by atoms with Crippen LogP contribution in [0.2, 0.25) is 0 Å². The van der Waals surface area contributed by atoms with E-state index in [2.05, 4.69) is 0 Å². The van der Waals surface area contributed by atoms with Crippen LogP contribution in [0, 0.1) is 18.8 Å². The van der Waals surface area contributed by atoms with Crippen molar-refractivity contribution in [1.29, 1.82) is 0 Å². The molecule has 2 amide bonds. The number of rotatable bonds is 2. The molecule has 0 spiro atoms. The van der Waals surface area contributed by atoms with Gasteiger partial charge >= 0.3 is 0 Å². The number of hydrogen-bond acceptors (Lipinski definition) is 5. The van der Waals surface area contributed by atoms with Crippen molar-refractivity contribution in [3.8, 4) is 0 Å². The van der Waals surface area contributed by atoms with Crippen LogP contribution in [0.5, 0.6) is 0 Å². The molecule has 5 rings (SSSR count). The Morgan fingerprint density at radius 3 is 2.62 bits per heavy atom. The Bertz CT molecular complexity index is 768. The summed E-state index contributed by atoms with van der Waals surface area (Å²) in [5.74, 6) is -1.53. The van der Waals surface area contributed by atoms with E-state index < -0.39 is 29.8 Å². The number of carbonyl (C=O) groups is 2. The second-order valence-electron chi connectivity index (χ2n) is 6.67. The van der Waals surface area contributed by atoms with E-state index in [1.165, 1.54) is 4.90 Å². The van der Waals surface area contributed by atoms with Gasteiger partial charge in [0.1, 0.15) is 0 Å². The molecule has 4 aliphatic rings. The molecule has 6 heteroatoms. The Hall–Kier alpha value is -2.02. The summed E-state index contributed by atoms with van der Waals surface area (Å²) in [6, 6.07) is 7.42. The molecule has 124 valence electrons. The minimum atomic E-state index is -0.990. The third kappa shape index (κ3) is 1.60. The van der Waals surface area contributed by atoms with Crippen LogP contribution in [0.3, 0.4) is 0 Å². The molecule has 0 radical (unpaired) electrons. The number of aryl methyl sites for hydroxylation is 1. The zero-order valence-electron chi connectivity index (χ0n) is 13.2. The van der Waals surface area contributed by atoms with Gasteiger partial charge in [-0.1, -0.05) is 24.3 Å². The molecule has 6 nitrogen and oxygen atoms in total. The number of nitrogens with zero attached hydrogens (tertiary/aromatic N) is 1. The molecule has 1 aromatic carbocycles. The van der Waals surface area contributed by atoms with Crippen LogP contribution < -0.4 is 4.90 Å². The minimum Gasteiger partial charge on any atom is -0.357 e. The number of imide groups is 1. The number of fused-ring (bicyclic) bond motifs is 5. The SMILES string of the molecule is Cc1ccccc1N1C(=O)[C@@H]2[C@H]3C=C[C@@](C4OCCO4)(O3)[C@H]2C1=O. The lowest BCUT2D eigenvalue weighted by Crippen LogP contribution is -2.49. The Kier molecular flexibility index (Phi) is 2.84. The lowest BCUT2D eigenvalue weighted by molar-refractivity contribution is -0.180. The zero-order chi connectivity index (χ0) is 16.5. The maximum absolute atomic E-state index is 13.2. The third-order valence-corrected chi connectivity index (χ3v) is 5.42. The molecule has 4 aliphatic heterocycles. The number of para-hydroxylation sites is 1. The molecular formula is C18H17NO5. The van der Waals surface area contributed by atoms with Gasteiger partial charge in [0.2, 0.25) is 11.8 Å². The molecule has 3 fully saturated rings. The molecular weight excluding hydrogens is 310 g/mol. The fraction of sp³-hybridized carbons (Fsp3) is 0.444. The fourth-order valence-corrected chi connectivity index (χ4v) is 4.38. The topological polar surface area (TPSA) is 65.1 Å². The molecule has 1 aromatic rings. The first-order chi connectivity index (χ1) is 11.6. The molecule has 4 atom stereocenters. The molecule has 3 saturated heterocycles. The van der Waals surface area contributed by atoms with Crippen molar-refractivity contribution in [2.75, 3.05) is 18.1 Å². The molecule has 4 heterocycles. The summed E-state index contributed by atoms with van der Waals surface area (Å²) in [4.78, 5) is 27.5. The number of amides is 2. The number of hydrogen-bond donors (Lipinski definition) is 0. The standard InChI is InChI=1S/C18H17NO5/c1-10-4-2-3-5-11(10)19-15(20)13-12-6-7-18(24-12,14(13)16(19)21)17-22-8-9-23-17/h2-7,12-14,17H,8-9H2,1H3/t12-,13-,14-,18-/m1/s1. The summed E-state index contributed by atoms with van der Waals surface area (Å²) in [6.07, 6.45) is 2.68. The first-order valence-corrected chi connectivity index (χ1v) is 8.17. The van der Waals surface area contributed by atoms with Crippen molar-refractivity contribution >= 4 is 17.5 Å². The van der Waals surface area contributed by atoms with E-state index in [0.717, 1.165) is 5.56 Å². The molecule has 0 saturated carbocycles. The van der Waals surface area contributed by atoms with Gasteiger partial charge in [0.15, 0.2) is 11.9 Å². The van der Waals surface area contributed by atoms with Gasteiger partial charge in [0.05, 0.1) is 36.8 Å². The van der Waals surface area contributed by atoms with Crippen LogP contribution in [0.4, 0.5) is 5.69 Å². The van der Waals surface area contributed by atoms with Crippen molar-refractivity contribution < 1.29 is 23.8 Å². The first-order valence-electron chi connectivity index (χ1n) is 8.17. The minimum absolute atomic E-state index is 0.200. The average Bonchev–Trinajstić information content (AvgIpc) is 3.33. The number of ether oxygens (including phenoxy) is 3. The summed E-state index contributed by atoms with van der Waals surface area (Å²) in [5.41, 5.74) is 0.545. The van der Waals surface area contributed by atoms with E-state index in [-0.39, 0.29) is 11.8 Å².